The summed E-state index contributed by atoms with van der Waals surface area (Å²) in [5.41, 5.74) is 1.26. The second kappa shape index (κ2) is 8.64. The van der Waals surface area contributed by atoms with E-state index in [2.05, 4.69) is 24.0 Å². The molecule has 2 N–H and O–H groups in total. The minimum atomic E-state index is -1.82. The first-order valence-electron chi connectivity index (χ1n) is 6.82. The average molecular weight is 314 g/mol. The van der Waals surface area contributed by atoms with E-state index in [0.29, 0.717) is 0 Å². The molecule has 21 heavy (non-hydrogen) atoms. The molecule has 0 bridgehead atoms. The van der Waals surface area contributed by atoms with Gasteiger partial charge in [-0.2, -0.15) is 0 Å². The molecule has 2 rings (SSSR count). The van der Waals surface area contributed by atoms with Crippen LogP contribution in [0.1, 0.15) is 25.3 Å². The predicted octanol–water partition coefficient (Wildman–Crippen LogP) is 2.73. The van der Waals surface area contributed by atoms with Crippen molar-refractivity contribution in [1.29, 1.82) is 0 Å². The van der Waals surface area contributed by atoms with Crippen LogP contribution >= 0.6 is 11.6 Å². The fourth-order valence-electron chi connectivity index (χ4n) is 2.09. The van der Waals surface area contributed by atoms with Gasteiger partial charge in [-0.3, -0.25) is 4.90 Å². The third kappa shape index (κ3) is 6.60. The van der Waals surface area contributed by atoms with Gasteiger partial charge < -0.3 is 10.2 Å². The minimum absolute atomic E-state index is 0.896. The van der Waals surface area contributed by atoms with Crippen LogP contribution in [-0.4, -0.2) is 40.1 Å². The van der Waals surface area contributed by atoms with Crippen LogP contribution in [0.3, 0.4) is 0 Å². The second-order valence-corrected chi connectivity index (χ2v) is 5.57. The molecular formula is C15H20ClNO4. The van der Waals surface area contributed by atoms with E-state index < -0.39 is 11.9 Å². The molecule has 116 valence electrons. The standard InChI is InChI=1S/C13H18ClN.C2H2O4/c1-11-6-8-15(9-7-11)10-12-4-2-3-5-13(12)14;3-1(4)2(5)6/h2-5,11H,6-10H2,1H3;(H,3,4)(H,5,6). The zero-order valence-electron chi connectivity index (χ0n) is 12.0. The van der Waals surface area contributed by atoms with E-state index in [-0.39, 0.29) is 0 Å². The summed E-state index contributed by atoms with van der Waals surface area (Å²) in [6.45, 7) is 5.78. The summed E-state index contributed by atoms with van der Waals surface area (Å²) in [7, 11) is 0. The first kappa shape index (κ1) is 17.5. The van der Waals surface area contributed by atoms with Crippen LogP contribution in [-0.2, 0) is 16.1 Å². The fourth-order valence-corrected chi connectivity index (χ4v) is 2.28. The number of rotatable bonds is 2. The zero-order valence-corrected chi connectivity index (χ0v) is 12.7. The van der Waals surface area contributed by atoms with Crippen LogP contribution in [0, 0.1) is 5.92 Å². The molecule has 0 unspecified atom stereocenters. The fraction of sp³-hybridized carbons (Fsp3) is 0.467. The molecule has 0 amide bonds. The van der Waals surface area contributed by atoms with Crippen molar-refractivity contribution in [3.8, 4) is 0 Å². The molecule has 0 aromatic heterocycles. The molecule has 0 radical (unpaired) electrons. The number of nitrogens with zero attached hydrogens (tertiary/aromatic N) is 1. The smallest absolute Gasteiger partial charge is 0.414 e. The lowest BCUT2D eigenvalue weighted by Crippen LogP contribution is -2.32. The lowest BCUT2D eigenvalue weighted by molar-refractivity contribution is -0.159. The van der Waals surface area contributed by atoms with E-state index in [4.69, 9.17) is 31.4 Å². The van der Waals surface area contributed by atoms with Crippen LogP contribution in [0.5, 0.6) is 0 Å². The lowest BCUT2D eigenvalue weighted by atomic mass is 9.99. The van der Waals surface area contributed by atoms with Crippen LogP contribution in [0.2, 0.25) is 5.02 Å². The van der Waals surface area contributed by atoms with Gasteiger partial charge in [0.2, 0.25) is 0 Å². The molecule has 1 fully saturated rings. The Balaban J connectivity index is 0.000000315. The Bertz CT molecular complexity index is 472. The molecular weight excluding hydrogens is 294 g/mol. The van der Waals surface area contributed by atoms with Crippen molar-refractivity contribution in [2.45, 2.75) is 26.3 Å². The number of benzene rings is 1. The van der Waals surface area contributed by atoms with Gasteiger partial charge in [0.05, 0.1) is 0 Å². The summed E-state index contributed by atoms with van der Waals surface area (Å²) >= 11 is 6.15. The first-order chi connectivity index (χ1) is 9.90. The maximum absolute atomic E-state index is 9.10. The average Bonchev–Trinajstić information content (AvgIpc) is 2.44. The van der Waals surface area contributed by atoms with Crippen LogP contribution in [0.4, 0.5) is 0 Å². The summed E-state index contributed by atoms with van der Waals surface area (Å²) in [5, 5.41) is 15.7. The topological polar surface area (TPSA) is 77.8 Å². The summed E-state index contributed by atoms with van der Waals surface area (Å²) in [4.78, 5) is 20.7. The lowest BCUT2D eigenvalue weighted by Gasteiger charge is -2.30. The normalized spacial score (nSPS) is 15.9. The van der Waals surface area contributed by atoms with Crippen molar-refractivity contribution < 1.29 is 19.8 Å². The number of hydrogen-bond acceptors (Lipinski definition) is 3. The summed E-state index contributed by atoms with van der Waals surface area (Å²) in [6, 6.07) is 8.15. The molecule has 0 atom stereocenters. The van der Waals surface area contributed by atoms with Crippen molar-refractivity contribution in [1.82, 2.24) is 4.90 Å². The Labute approximate surface area is 129 Å². The van der Waals surface area contributed by atoms with Crippen molar-refractivity contribution in [3.05, 3.63) is 34.9 Å². The van der Waals surface area contributed by atoms with E-state index in [1.54, 1.807) is 0 Å². The summed E-state index contributed by atoms with van der Waals surface area (Å²) in [5.74, 6) is -2.75. The Kier molecular flexibility index (Phi) is 7.19. The Morgan fingerprint density at radius 3 is 2.19 bits per heavy atom. The molecule has 0 saturated carbocycles. The van der Waals surface area contributed by atoms with E-state index in [1.165, 1.54) is 31.5 Å². The van der Waals surface area contributed by atoms with Gasteiger partial charge in [-0.15, -0.1) is 0 Å². The number of halogens is 1. The van der Waals surface area contributed by atoms with Gasteiger partial charge in [0, 0.05) is 11.6 Å². The first-order valence-corrected chi connectivity index (χ1v) is 7.20. The maximum atomic E-state index is 9.10. The molecule has 5 nitrogen and oxygen atoms in total. The molecule has 1 heterocycles. The van der Waals surface area contributed by atoms with Gasteiger partial charge >= 0.3 is 11.9 Å². The molecule has 1 saturated heterocycles. The highest BCUT2D eigenvalue weighted by atomic mass is 35.5. The van der Waals surface area contributed by atoms with Gasteiger partial charge in [0.25, 0.3) is 0 Å². The highest BCUT2D eigenvalue weighted by Gasteiger charge is 2.16. The quantitative estimate of drug-likeness (QED) is 0.821. The second-order valence-electron chi connectivity index (χ2n) is 5.16. The monoisotopic (exact) mass is 313 g/mol. The molecule has 0 aliphatic carbocycles. The van der Waals surface area contributed by atoms with E-state index in [1.807, 2.05) is 12.1 Å². The zero-order chi connectivity index (χ0) is 15.8. The Morgan fingerprint density at radius 1 is 1.19 bits per heavy atom. The molecule has 0 spiro atoms. The molecule has 1 aliphatic heterocycles. The number of likely N-dealkylation sites (tertiary alicyclic amines) is 1. The van der Waals surface area contributed by atoms with Gasteiger partial charge in [0.15, 0.2) is 0 Å². The number of carboxylic acid groups (broad SMARTS) is 2. The van der Waals surface area contributed by atoms with Crippen molar-refractivity contribution in [2.24, 2.45) is 5.92 Å². The molecule has 1 aromatic rings. The highest BCUT2D eigenvalue weighted by Crippen LogP contribution is 2.21. The van der Waals surface area contributed by atoms with Crippen LogP contribution in [0.15, 0.2) is 24.3 Å². The van der Waals surface area contributed by atoms with E-state index >= 15 is 0 Å². The largest absolute Gasteiger partial charge is 0.473 e. The molecule has 1 aromatic carbocycles. The van der Waals surface area contributed by atoms with E-state index in [9.17, 15) is 0 Å². The van der Waals surface area contributed by atoms with Crippen molar-refractivity contribution >= 4 is 23.5 Å². The van der Waals surface area contributed by atoms with Gasteiger partial charge in [-0.1, -0.05) is 36.7 Å². The van der Waals surface area contributed by atoms with Crippen LogP contribution in [0.25, 0.3) is 0 Å². The SMILES string of the molecule is CC1CCN(Cc2ccccc2Cl)CC1.O=C(O)C(=O)O. The third-order valence-corrected chi connectivity index (χ3v) is 3.78. The van der Waals surface area contributed by atoms with Gasteiger partial charge in [0.1, 0.15) is 0 Å². The van der Waals surface area contributed by atoms with E-state index in [0.717, 1.165) is 17.5 Å². The number of carbonyl (C=O) groups is 2. The van der Waals surface area contributed by atoms with Crippen molar-refractivity contribution in [2.75, 3.05) is 13.1 Å². The Hall–Kier alpha value is -1.59. The van der Waals surface area contributed by atoms with Gasteiger partial charge in [-0.25, -0.2) is 9.59 Å². The van der Waals surface area contributed by atoms with Crippen molar-refractivity contribution in [3.63, 3.8) is 0 Å². The molecule has 6 heteroatoms. The molecule has 1 aliphatic rings. The summed E-state index contributed by atoms with van der Waals surface area (Å²) in [6.07, 6.45) is 2.65. The predicted molar refractivity (Wildman–Crippen MR) is 80.4 cm³/mol. The number of piperidine rings is 1. The summed E-state index contributed by atoms with van der Waals surface area (Å²) < 4.78 is 0. The number of hydrogen-bond donors (Lipinski definition) is 2. The van der Waals surface area contributed by atoms with Gasteiger partial charge in [-0.05, 0) is 43.5 Å². The maximum Gasteiger partial charge on any atom is 0.414 e. The Morgan fingerprint density at radius 2 is 1.71 bits per heavy atom. The minimum Gasteiger partial charge on any atom is -0.473 e. The third-order valence-electron chi connectivity index (χ3n) is 3.41. The number of aliphatic carboxylic acids is 2. The highest BCUT2D eigenvalue weighted by molar-refractivity contribution is 6.31. The number of carboxylic acids is 2. The van der Waals surface area contributed by atoms with Crippen LogP contribution < -0.4 is 0 Å².